The molecule has 4 aromatic rings. The minimum atomic E-state index is -4.27. The molecule has 234 valence electrons. The molecule has 1 aliphatic rings. The van der Waals surface area contributed by atoms with E-state index < -0.39 is 42.4 Å². The van der Waals surface area contributed by atoms with E-state index in [0.29, 0.717) is 11.1 Å². The maximum atomic E-state index is 14.2. The van der Waals surface area contributed by atoms with Crippen molar-refractivity contribution in [3.8, 4) is 5.88 Å². The number of nitrogens with zero attached hydrogens (tertiary/aromatic N) is 2. The second-order valence-corrected chi connectivity index (χ2v) is 14.0. The Bertz CT molecular complexity index is 2040. The van der Waals surface area contributed by atoms with Gasteiger partial charge in [0, 0.05) is 12.7 Å². The van der Waals surface area contributed by atoms with Gasteiger partial charge in [-0.3, -0.25) is 9.42 Å². The molecule has 3 aromatic carbocycles. The fraction of sp³-hybridized carbons (Fsp3) is 0.194. The average molecular weight is 655 g/mol. The Balaban J connectivity index is 1.23. The van der Waals surface area contributed by atoms with E-state index in [0.717, 1.165) is 28.5 Å². The molecule has 0 aliphatic heterocycles. The topological polar surface area (TPSA) is 157 Å². The average Bonchev–Trinajstić information content (AvgIpc) is 3.50. The molecule has 1 aliphatic carbocycles. The maximum absolute atomic E-state index is 14.2. The highest BCUT2D eigenvalue weighted by molar-refractivity contribution is 7.91. The lowest BCUT2D eigenvalue weighted by molar-refractivity contribution is -0.832. The number of rotatable bonds is 11. The van der Waals surface area contributed by atoms with E-state index in [1.165, 1.54) is 48.5 Å². The summed E-state index contributed by atoms with van der Waals surface area (Å²) in [6.45, 7) is 1.58. The first-order chi connectivity index (χ1) is 21.4. The van der Waals surface area contributed by atoms with Crippen LogP contribution in [0, 0.1) is 11.0 Å². The summed E-state index contributed by atoms with van der Waals surface area (Å²) in [5.74, 6) is -1.57. The third kappa shape index (κ3) is 6.81. The van der Waals surface area contributed by atoms with Gasteiger partial charge in [-0.2, -0.15) is 0 Å². The van der Waals surface area contributed by atoms with Crippen LogP contribution < -0.4 is 9.64 Å². The first-order valence-corrected chi connectivity index (χ1v) is 16.9. The van der Waals surface area contributed by atoms with Crippen molar-refractivity contribution in [3.63, 3.8) is 0 Å². The van der Waals surface area contributed by atoms with Crippen LogP contribution in [0.25, 0.3) is 17.2 Å². The fourth-order valence-electron chi connectivity index (χ4n) is 4.81. The minimum absolute atomic E-state index is 0.0907. The monoisotopic (exact) mass is 654 g/mol. The largest absolute Gasteiger partial charge is 0.465 e. The van der Waals surface area contributed by atoms with Gasteiger partial charge in [0.15, 0.2) is 9.84 Å². The van der Waals surface area contributed by atoms with Gasteiger partial charge in [-0.1, -0.05) is 36.4 Å². The number of hydrogen-bond acceptors (Lipinski definition) is 10. The Kier molecular flexibility index (Phi) is 8.89. The number of allylic oxidation sites excluding steroid dienone is 2. The number of aromatic nitrogens is 2. The van der Waals surface area contributed by atoms with Crippen LogP contribution in [-0.2, 0) is 29.2 Å². The van der Waals surface area contributed by atoms with Gasteiger partial charge in [0.2, 0.25) is 0 Å². The number of benzene rings is 3. The van der Waals surface area contributed by atoms with Crippen LogP contribution in [0.4, 0.5) is 4.39 Å². The summed E-state index contributed by atoms with van der Waals surface area (Å²) >= 11 is 0. The molecule has 0 amide bonds. The molecule has 11 nitrogen and oxygen atoms in total. The first-order valence-electron chi connectivity index (χ1n) is 13.6. The Labute approximate surface area is 258 Å². The third-order valence-corrected chi connectivity index (χ3v) is 9.89. The lowest BCUT2D eigenvalue weighted by Gasteiger charge is -2.08. The lowest BCUT2D eigenvalue weighted by atomic mass is 10.0. The smallest absolute Gasteiger partial charge is 0.414 e. The Morgan fingerprint density at radius 3 is 2.38 bits per heavy atom. The van der Waals surface area contributed by atoms with Crippen LogP contribution in [0.3, 0.4) is 0 Å². The van der Waals surface area contributed by atoms with Crippen molar-refractivity contribution in [2.75, 3.05) is 19.5 Å². The van der Waals surface area contributed by atoms with Crippen LogP contribution in [0.15, 0.2) is 97.8 Å². The summed E-state index contributed by atoms with van der Waals surface area (Å²) in [6.07, 6.45) is 2.96. The van der Waals surface area contributed by atoms with Crippen LogP contribution in [-0.4, -0.2) is 47.4 Å². The van der Waals surface area contributed by atoms with E-state index in [2.05, 4.69) is 9.79 Å². The molecule has 0 radical (unpaired) electrons. The summed E-state index contributed by atoms with van der Waals surface area (Å²) in [5, 5.41) is 14.6. The van der Waals surface area contributed by atoms with Gasteiger partial charge in [0.1, 0.15) is 5.82 Å². The summed E-state index contributed by atoms with van der Waals surface area (Å²) in [7, 11) is -7.62. The zero-order chi connectivity index (χ0) is 32.4. The zero-order valence-corrected chi connectivity index (χ0v) is 25.7. The quantitative estimate of drug-likeness (QED) is 0.129. The Morgan fingerprint density at radius 1 is 0.978 bits per heavy atom. The van der Waals surface area contributed by atoms with Crippen LogP contribution in [0.1, 0.15) is 36.5 Å². The number of carbonyl (C=O) groups excluding carboxylic acids is 1. The summed E-state index contributed by atoms with van der Waals surface area (Å²) in [6, 6.07) is 17.9. The SMILES string of the molecule is CC1=C(CC(=O)OCCCOc2no[n+]([O-])c2S(=O)(=O)c2ccccc2)c2cc(F)ccc2/C1=C\c1ccc(S(C)(=O)=O)cc1. The molecule has 0 saturated carbocycles. The third-order valence-electron chi connectivity index (χ3n) is 7.04. The molecule has 14 heteroatoms. The van der Waals surface area contributed by atoms with Gasteiger partial charge >= 0.3 is 16.9 Å². The number of halogens is 1. The van der Waals surface area contributed by atoms with Gasteiger partial charge in [-0.25, -0.2) is 21.2 Å². The number of carbonyl (C=O) groups is 1. The Hall–Kier alpha value is -4.82. The molecule has 0 unspecified atom stereocenters. The number of esters is 1. The van der Waals surface area contributed by atoms with Gasteiger partial charge in [-0.05, 0) is 87.7 Å². The predicted molar refractivity (Wildman–Crippen MR) is 159 cm³/mol. The van der Waals surface area contributed by atoms with E-state index in [1.807, 2.05) is 13.0 Å². The van der Waals surface area contributed by atoms with Crippen LogP contribution in [0.2, 0.25) is 0 Å². The standard InChI is InChI=1S/C31H27FN2O9S2/c1-20-26(17-21-9-12-23(13-10-21)44(2,37)38)25-14-11-22(32)18-28(25)27(20)19-29(35)41-15-6-16-42-30-31(34(36)43-33-30)45(39,40)24-7-4-3-5-8-24/h3-5,7-14,17-18H,6,15-16,19H2,1-2H3/b26-17-. The normalized spacial score (nSPS) is 14.1. The van der Waals surface area contributed by atoms with E-state index in [1.54, 1.807) is 24.3 Å². The number of sulfone groups is 2. The highest BCUT2D eigenvalue weighted by Gasteiger charge is 2.35. The highest BCUT2D eigenvalue weighted by atomic mass is 32.2. The predicted octanol–water partition coefficient (Wildman–Crippen LogP) is 4.41. The van der Waals surface area contributed by atoms with E-state index in [-0.39, 0.29) is 40.7 Å². The molecular formula is C31H27FN2O9S2. The van der Waals surface area contributed by atoms with Crippen molar-refractivity contribution in [1.82, 2.24) is 5.16 Å². The number of fused-ring (bicyclic) bond motifs is 1. The molecule has 0 N–H and O–H groups in total. The first kappa shape index (κ1) is 31.6. The van der Waals surface area contributed by atoms with Crippen LogP contribution >= 0.6 is 0 Å². The number of ether oxygens (including phenoxy) is 2. The summed E-state index contributed by atoms with van der Waals surface area (Å²) in [5.41, 5.74) is 4.09. The highest BCUT2D eigenvalue weighted by Crippen LogP contribution is 2.44. The molecule has 0 saturated heterocycles. The minimum Gasteiger partial charge on any atom is -0.465 e. The van der Waals surface area contributed by atoms with Crippen LogP contribution in [0.5, 0.6) is 5.88 Å². The molecule has 0 atom stereocenters. The molecule has 0 bridgehead atoms. The zero-order valence-electron chi connectivity index (χ0n) is 24.1. The summed E-state index contributed by atoms with van der Waals surface area (Å²) in [4.78, 5) is 12.6. The van der Waals surface area contributed by atoms with E-state index in [9.17, 15) is 31.2 Å². The maximum Gasteiger partial charge on any atom is 0.414 e. The van der Waals surface area contributed by atoms with Crippen molar-refractivity contribution in [1.29, 1.82) is 0 Å². The molecule has 1 heterocycles. The van der Waals surface area contributed by atoms with Gasteiger partial charge in [0.05, 0.1) is 34.6 Å². The van der Waals surface area contributed by atoms with E-state index in [4.69, 9.17) is 9.47 Å². The molecule has 0 spiro atoms. The molecular weight excluding hydrogens is 627 g/mol. The lowest BCUT2D eigenvalue weighted by Crippen LogP contribution is -2.31. The number of hydrogen-bond donors (Lipinski definition) is 0. The molecule has 5 rings (SSSR count). The van der Waals surface area contributed by atoms with E-state index >= 15 is 0 Å². The molecule has 0 fully saturated rings. The van der Waals surface area contributed by atoms with Crippen molar-refractivity contribution in [2.45, 2.75) is 34.6 Å². The fourth-order valence-corrected chi connectivity index (χ4v) is 6.73. The van der Waals surface area contributed by atoms with Gasteiger partial charge < -0.3 is 14.7 Å². The van der Waals surface area contributed by atoms with Crippen molar-refractivity contribution in [3.05, 3.63) is 106 Å². The Morgan fingerprint density at radius 2 is 1.69 bits per heavy atom. The van der Waals surface area contributed by atoms with Gasteiger partial charge in [-0.15, -0.1) is 0 Å². The molecule has 45 heavy (non-hydrogen) atoms. The molecule has 1 aromatic heterocycles. The van der Waals surface area contributed by atoms with Crippen molar-refractivity contribution >= 4 is 42.9 Å². The van der Waals surface area contributed by atoms with Gasteiger partial charge in [0.25, 0.3) is 9.84 Å². The summed E-state index contributed by atoms with van der Waals surface area (Å²) < 4.78 is 78.8. The second-order valence-electron chi connectivity index (χ2n) is 10.1. The van der Waals surface area contributed by atoms with Crippen molar-refractivity contribution in [2.24, 2.45) is 0 Å². The second kappa shape index (κ2) is 12.7. The van der Waals surface area contributed by atoms with Crippen molar-refractivity contribution < 1.29 is 45.0 Å².